The number of allylic oxidation sites excluding steroid dienone is 1. The van der Waals surface area contributed by atoms with Crippen molar-refractivity contribution in [2.75, 3.05) is 6.61 Å². The van der Waals surface area contributed by atoms with Crippen LogP contribution in [-0.2, 0) is 4.74 Å². The lowest BCUT2D eigenvalue weighted by atomic mass is 9.95. The van der Waals surface area contributed by atoms with Crippen molar-refractivity contribution in [3.63, 3.8) is 0 Å². The molecule has 0 aromatic carbocycles. The molecule has 0 unspecified atom stereocenters. The summed E-state index contributed by atoms with van der Waals surface area (Å²) in [5.74, 6) is 0. The third kappa shape index (κ3) is 3.78. The Morgan fingerprint density at radius 2 is 2.20 bits per heavy atom. The summed E-state index contributed by atoms with van der Waals surface area (Å²) in [6.07, 6.45) is 3.89. The van der Waals surface area contributed by atoms with Crippen LogP contribution >= 0.6 is 0 Å². The molecule has 1 heterocycles. The first kappa shape index (κ1) is 12.4. The number of ether oxygens (including phenoxy) is 1. The van der Waals surface area contributed by atoms with Crippen LogP contribution in [0.5, 0.6) is 0 Å². The highest BCUT2D eigenvalue weighted by molar-refractivity contribution is 5.06. The number of rotatable bonds is 5. The van der Waals surface area contributed by atoms with Gasteiger partial charge in [0.2, 0.25) is 0 Å². The van der Waals surface area contributed by atoms with Crippen LogP contribution in [0, 0.1) is 0 Å². The minimum absolute atomic E-state index is 0.0394. The van der Waals surface area contributed by atoms with Crippen LogP contribution in [0.4, 0.5) is 0 Å². The molecule has 1 fully saturated rings. The topological polar surface area (TPSA) is 49.7 Å². The predicted molar refractivity (Wildman–Crippen MR) is 59.6 cm³/mol. The number of hydrogen-bond acceptors (Lipinski definition) is 3. The maximum absolute atomic E-state index is 9.60. The summed E-state index contributed by atoms with van der Waals surface area (Å²) in [5, 5.41) is 18.6. The molecular weight excluding hydrogens is 192 g/mol. The smallest absolute Gasteiger partial charge is 0.0838 e. The fourth-order valence-electron chi connectivity index (χ4n) is 1.82. The van der Waals surface area contributed by atoms with Crippen molar-refractivity contribution < 1.29 is 14.9 Å². The fourth-order valence-corrected chi connectivity index (χ4v) is 1.82. The molecule has 0 aromatic rings. The zero-order valence-corrected chi connectivity index (χ0v) is 9.06. The molecule has 2 N–H and O–H groups in total. The third-order valence-electron chi connectivity index (χ3n) is 2.71. The Morgan fingerprint density at radius 3 is 2.80 bits per heavy atom. The molecule has 15 heavy (non-hydrogen) atoms. The predicted octanol–water partition coefficient (Wildman–Crippen LogP) is 1.41. The van der Waals surface area contributed by atoms with Crippen LogP contribution in [0.25, 0.3) is 0 Å². The van der Waals surface area contributed by atoms with E-state index < -0.39 is 0 Å². The molecule has 1 aliphatic rings. The standard InChI is InChI=1S/C12H20O3/c1-3-4-5-9(2)12-7-10(14)6-11(8-13)15-12/h3,10-14H,1-2,4-8H2/t10-,11-,12+/m0/s1. The first-order chi connectivity index (χ1) is 7.17. The van der Waals surface area contributed by atoms with Crippen LogP contribution in [0.15, 0.2) is 24.8 Å². The SMILES string of the molecule is C=CCCC(=C)[C@H]1C[C@@H](O)C[C@@H](CO)O1. The van der Waals surface area contributed by atoms with Gasteiger partial charge in [-0.2, -0.15) is 0 Å². The molecule has 0 aromatic heterocycles. The van der Waals surface area contributed by atoms with Crippen molar-refractivity contribution in [2.45, 2.75) is 44.0 Å². The maximum atomic E-state index is 9.60. The average molecular weight is 212 g/mol. The van der Waals surface area contributed by atoms with E-state index in [-0.39, 0.29) is 24.9 Å². The van der Waals surface area contributed by atoms with Crippen LogP contribution in [0.1, 0.15) is 25.7 Å². The molecule has 0 saturated carbocycles. The monoisotopic (exact) mass is 212 g/mol. The van der Waals surface area contributed by atoms with Gasteiger partial charge in [-0.3, -0.25) is 0 Å². The van der Waals surface area contributed by atoms with Gasteiger partial charge >= 0.3 is 0 Å². The van der Waals surface area contributed by atoms with Crippen molar-refractivity contribution in [3.8, 4) is 0 Å². The molecule has 0 radical (unpaired) electrons. The second-order valence-corrected chi connectivity index (χ2v) is 4.04. The Morgan fingerprint density at radius 1 is 1.47 bits per heavy atom. The Hall–Kier alpha value is -0.640. The number of aliphatic hydroxyl groups is 2. The van der Waals surface area contributed by atoms with Crippen molar-refractivity contribution in [1.82, 2.24) is 0 Å². The lowest BCUT2D eigenvalue weighted by molar-refractivity contribution is -0.0981. The van der Waals surface area contributed by atoms with Gasteiger partial charge in [0.25, 0.3) is 0 Å². The van der Waals surface area contributed by atoms with E-state index in [2.05, 4.69) is 13.2 Å². The average Bonchev–Trinajstić information content (AvgIpc) is 2.24. The molecule has 86 valence electrons. The Labute approximate surface area is 91.1 Å². The first-order valence-corrected chi connectivity index (χ1v) is 5.40. The van der Waals surface area contributed by atoms with Gasteiger partial charge in [-0.1, -0.05) is 12.7 Å². The van der Waals surface area contributed by atoms with E-state index in [4.69, 9.17) is 9.84 Å². The van der Waals surface area contributed by atoms with Gasteiger partial charge < -0.3 is 14.9 Å². The molecule has 3 heteroatoms. The first-order valence-electron chi connectivity index (χ1n) is 5.40. The summed E-state index contributed by atoms with van der Waals surface area (Å²) < 4.78 is 5.62. The largest absolute Gasteiger partial charge is 0.394 e. The van der Waals surface area contributed by atoms with Gasteiger partial charge in [-0.25, -0.2) is 0 Å². The summed E-state index contributed by atoms with van der Waals surface area (Å²) in [7, 11) is 0. The van der Waals surface area contributed by atoms with Crippen LogP contribution in [0.2, 0.25) is 0 Å². The summed E-state index contributed by atoms with van der Waals surface area (Å²) >= 11 is 0. The molecule has 3 atom stereocenters. The van der Waals surface area contributed by atoms with E-state index in [1.807, 2.05) is 6.08 Å². The highest BCUT2D eigenvalue weighted by Gasteiger charge is 2.28. The van der Waals surface area contributed by atoms with Crippen molar-refractivity contribution in [1.29, 1.82) is 0 Å². The molecular formula is C12H20O3. The normalized spacial score (nSPS) is 31.2. The molecule has 3 nitrogen and oxygen atoms in total. The maximum Gasteiger partial charge on any atom is 0.0838 e. The molecule has 1 rings (SSSR count). The van der Waals surface area contributed by atoms with Crippen molar-refractivity contribution in [3.05, 3.63) is 24.8 Å². The van der Waals surface area contributed by atoms with Crippen molar-refractivity contribution >= 4 is 0 Å². The summed E-state index contributed by atoms with van der Waals surface area (Å²) in [5.41, 5.74) is 0.979. The number of hydrogen-bond donors (Lipinski definition) is 2. The Balaban J connectivity index is 2.45. The lowest BCUT2D eigenvalue weighted by Gasteiger charge is -2.33. The van der Waals surface area contributed by atoms with E-state index in [9.17, 15) is 5.11 Å². The molecule has 1 aliphatic heterocycles. The third-order valence-corrected chi connectivity index (χ3v) is 2.71. The van der Waals surface area contributed by atoms with Gasteiger partial charge in [0.15, 0.2) is 0 Å². The van der Waals surface area contributed by atoms with Gasteiger partial charge in [0.05, 0.1) is 24.9 Å². The van der Waals surface area contributed by atoms with Gasteiger partial charge in [0, 0.05) is 12.8 Å². The fraction of sp³-hybridized carbons (Fsp3) is 0.667. The zero-order chi connectivity index (χ0) is 11.3. The van der Waals surface area contributed by atoms with E-state index in [1.165, 1.54) is 0 Å². The molecule has 0 spiro atoms. The molecule has 0 bridgehead atoms. The van der Waals surface area contributed by atoms with Crippen LogP contribution in [0.3, 0.4) is 0 Å². The Bertz CT molecular complexity index is 225. The van der Waals surface area contributed by atoms with Crippen molar-refractivity contribution in [2.24, 2.45) is 0 Å². The zero-order valence-electron chi connectivity index (χ0n) is 9.06. The summed E-state index contributed by atoms with van der Waals surface area (Å²) in [4.78, 5) is 0. The second-order valence-electron chi connectivity index (χ2n) is 4.04. The minimum Gasteiger partial charge on any atom is -0.394 e. The van der Waals surface area contributed by atoms with Gasteiger partial charge in [0.1, 0.15) is 0 Å². The highest BCUT2D eigenvalue weighted by Crippen LogP contribution is 2.25. The summed E-state index contributed by atoms with van der Waals surface area (Å²) in [6.45, 7) is 7.57. The van der Waals surface area contributed by atoms with E-state index >= 15 is 0 Å². The lowest BCUT2D eigenvalue weighted by Crippen LogP contribution is -2.38. The van der Waals surface area contributed by atoms with Crippen LogP contribution in [-0.4, -0.2) is 35.1 Å². The van der Waals surface area contributed by atoms with E-state index in [0.717, 1.165) is 18.4 Å². The molecule has 1 saturated heterocycles. The quantitative estimate of drug-likeness (QED) is 0.677. The van der Waals surface area contributed by atoms with Gasteiger partial charge in [-0.15, -0.1) is 6.58 Å². The summed E-state index contributed by atoms with van der Waals surface area (Å²) in [6, 6.07) is 0. The highest BCUT2D eigenvalue weighted by atomic mass is 16.5. The second kappa shape index (κ2) is 6.05. The van der Waals surface area contributed by atoms with E-state index in [0.29, 0.717) is 12.8 Å². The molecule has 0 aliphatic carbocycles. The molecule has 0 amide bonds. The van der Waals surface area contributed by atoms with Crippen LogP contribution < -0.4 is 0 Å². The minimum atomic E-state index is -0.388. The number of aliphatic hydroxyl groups excluding tert-OH is 2. The van der Waals surface area contributed by atoms with Gasteiger partial charge in [-0.05, 0) is 18.4 Å². The van der Waals surface area contributed by atoms with E-state index in [1.54, 1.807) is 0 Å². The Kier molecular flexibility index (Phi) is 5.02.